The molecule has 1 aliphatic rings. The molecular formula is C22H24F4N4O. The molecule has 0 saturated carbocycles. The number of hydrogen-bond donors (Lipinski definition) is 0. The van der Waals surface area contributed by atoms with Gasteiger partial charge >= 0.3 is 6.18 Å². The number of nitrogens with zero attached hydrogens (tertiary/aromatic N) is 4. The zero-order valence-corrected chi connectivity index (χ0v) is 17.2. The summed E-state index contributed by atoms with van der Waals surface area (Å²) in [6.07, 6.45) is -2.08. The van der Waals surface area contributed by atoms with E-state index in [0.29, 0.717) is 18.0 Å². The molecule has 0 radical (unpaired) electrons. The molecule has 5 nitrogen and oxygen atoms in total. The van der Waals surface area contributed by atoms with Crippen LogP contribution in [0.4, 0.5) is 23.2 Å². The maximum Gasteiger partial charge on any atom is 0.422 e. The van der Waals surface area contributed by atoms with Crippen LogP contribution in [0, 0.1) is 0 Å². The van der Waals surface area contributed by atoms with E-state index in [1.54, 1.807) is 29.2 Å². The Bertz CT molecular complexity index is 1030. The quantitative estimate of drug-likeness (QED) is 0.396. The zero-order chi connectivity index (χ0) is 22.1. The molecule has 3 heterocycles. The molecule has 0 bridgehead atoms. The van der Waals surface area contributed by atoms with Crippen molar-refractivity contribution >= 4 is 11.3 Å². The van der Waals surface area contributed by atoms with Gasteiger partial charge in [0.2, 0.25) is 0 Å². The molecule has 0 spiro atoms. The zero-order valence-electron chi connectivity index (χ0n) is 17.2. The van der Waals surface area contributed by atoms with Gasteiger partial charge in [-0.25, -0.2) is 4.39 Å². The summed E-state index contributed by atoms with van der Waals surface area (Å²) in [5.74, 6) is 0.311. The maximum absolute atomic E-state index is 15.4. The van der Waals surface area contributed by atoms with E-state index in [-0.39, 0.29) is 43.9 Å². The van der Waals surface area contributed by atoms with Crippen LogP contribution < -0.4 is 4.90 Å². The monoisotopic (exact) mass is 436 g/mol. The third kappa shape index (κ3) is 4.23. The van der Waals surface area contributed by atoms with Crippen molar-refractivity contribution in [3.8, 4) is 0 Å². The Labute approximate surface area is 177 Å². The van der Waals surface area contributed by atoms with Crippen molar-refractivity contribution in [1.82, 2.24) is 14.6 Å². The molecule has 0 amide bonds. The minimum atomic E-state index is -4.63. The van der Waals surface area contributed by atoms with Crippen molar-refractivity contribution in [2.75, 3.05) is 24.6 Å². The molecule has 2 aromatic heterocycles. The molecule has 0 aliphatic carbocycles. The number of rotatable bonds is 6. The van der Waals surface area contributed by atoms with Gasteiger partial charge in [-0.05, 0) is 18.1 Å². The summed E-state index contributed by atoms with van der Waals surface area (Å²) in [7, 11) is 0. The van der Waals surface area contributed by atoms with Crippen LogP contribution in [0.2, 0.25) is 0 Å². The van der Waals surface area contributed by atoms with E-state index in [0.717, 1.165) is 6.42 Å². The Hall–Kier alpha value is -2.68. The normalized spacial score (nSPS) is 16.7. The lowest BCUT2D eigenvalue weighted by molar-refractivity contribution is -0.136. The van der Waals surface area contributed by atoms with Gasteiger partial charge in [-0.15, -0.1) is 10.2 Å². The Kier molecular flexibility index (Phi) is 5.88. The van der Waals surface area contributed by atoms with Gasteiger partial charge in [0.05, 0.1) is 5.69 Å². The first-order chi connectivity index (χ1) is 14.8. The number of benzene rings is 1. The van der Waals surface area contributed by atoms with Crippen molar-refractivity contribution in [3.63, 3.8) is 0 Å². The summed E-state index contributed by atoms with van der Waals surface area (Å²) < 4.78 is 64.3. The summed E-state index contributed by atoms with van der Waals surface area (Å²) in [5.41, 5.74) is -2.09. The van der Waals surface area contributed by atoms with E-state index in [9.17, 15) is 13.2 Å². The van der Waals surface area contributed by atoms with Gasteiger partial charge in [0, 0.05) is 38.7 Å². The predicted octanol–water partition coefficient (Wildman–Crippen LogP) is 5.14. The van der Waals surface area contributed by atoms with E-state index in [1.165, 1.54) is 16.7 Å². The number of ether oxygens (including phenoxy) is 1. The van der Waals surface area contributed by atoms with E-state index < -0.39 is 17.4 Å². The molecule has 1 saturated heterocycles. The Balaban J connectivity index is 1.63. The number of halogens is 4. The second-order valence-corrected chi connectivity index (χ2v) is 7.75. The van der Waals surface area contributed by atoms with E-state index >= 15 is 4.39 Å². The fourth-order valence-corrected chi connectivity index (χ4v) is 4.06. The minimum Gasteiger partial charge on any atom is -0.373 e. The standard InChI is InChI=1S/C22H24F4N4O/c1-2-14-31-15-18-27-28-20-19(22(24,25)26)17(8-11-30(18)20)29-12-9-21(23,10-13-29)16-6-4-3-5-7-16/h3-8,11H,2,9-10,12-15H2,1H3. The third-order valence-corrected chi connectivity index (χ3v) is 5.68. The average Bonchev–Trinajstić information content (AvgIpc) is 3.17. The lowest BCUT2D eigenvalue weighted by atomic mass is 9.86. The maximum atomic E-state index is 15.4. The summed E-state index contributed by atoms with van der Waals surface area (Å²) in [4.78, 5) is 1.59. The van der Waals surface area contributed by atoms with Crippen LogP contribution in [0.1, 0.15) is 43.1 Å². The van der Waals surface area contributed by atoms with Crippen LogP contribution in [-0.4, -0.2) is 34.3 Å². The summed E-state index contributed by atoms with van der Waals surface area (Å²) in [6, 6.07) is 10.2. The molecule has 31 heavy (non-hydrogen) atoms. The van der Waals surface area contributed by atoms with Crippen LogP contribution in [0.25, 0.3) is 5.65 Å². The van der Waals surface area contributed by atoms with Crippen molar-refractivity contribution in [2.24, 2.45) is 0 Å². The number of hydrogen-bond acceptors (Lipinski definition) is 4. The highest BCUT2D eigenvalue weighted by atomic mass is 19.4. The smallest absolute Gasteiger partial charge is 0.373 e. The van der Waals surface area contributed by atoms with Crippen LogP contribution in [-0.2, 0) is 23.2 Å². The molecular weight excluding hydrogens is 412 g/mol. The van der Waals surface area contributed by atoms with Gasteiger partial charge in [-0.2, -0.15) is 13.2 Å². The fourth-order valence-electron chi connectivity index (χ4n) is 4.06. The Morgan fingerprint density at radius 3 is 2.42 bits per heavy atom. The first kappa shape index (κ1) is 21.5. The van der Waals surface area contributed by atoms with E-state index in [2.05, 4.69) is 10.2 Å². The van der Waals surface area contributed by atoms with Gasteiger partial charge in [-0.3, -0.25) is 4.40 Å². The Morgan fingerprint density at radius 1 is 1.06 bits per heavy atom. The molecule has 0 unspecified atom stereocenters. The molecule has 1 aliphatic heterocycles. The van der Waals surface area contributed by atoms with Gasteiger partial charge in [0.25, 0.3) is 0 Å². The number of piperidine rings is 1. The topological polar surface area (TPSA) is 42.7 Å². The molecule has 4 rings (SSSR count). The first-order valence-corrected chi connectivity index (χ1v) is 10.3. The number of aromatic nitrogens is 3. The minimum absolute atomic E-state index is 0.00328. The van der Waals surface area contributed by atoms with Gasteiger partial charge in [0.1, 0.15) is 17.8 Å². The lowest BCUT2D eigenvalue weighted by Gasteiger charge is -2.38. The number of alkyl halides is 4. The number of fused-ring (bicyclic) bond motifs is 1. The predicted molar refractivity (Wildman–Crippen MR) is 109 cm³/mol. The fraction of sp³-hybridized carbons (Fsp3) is 0.455. The van der Waals surface area contributed by atoms with E-state index in [1.807, 2.05) is 13.0 Å². The molecule has 0 atom stereocenters. The highest BCUT2D eigenvalue weighted by Gasteiger charge is 2.42. The van der Waals surface area contributed by atoms with Crippen LogP contribution in [0.15, 0.2) is 42.6 Å². The molecule has 3 aromatic rings. The van der Waals surface area contributed by atoms with Crippen LogP contribution >= 0.6 is 0 Å². The van der Waals surface area contributed by atoms with Crippen molar-refractivity contribution in [1.29, 1.82) is 0 Å². The second-order valence-electron chi connectivity index (χ2n) is 7.75. The molecule has 0 N–H and O–H groups in total. The van der Waals surface area contributed by atoms with Crippen LogP contribution in [0.5, 0.6) is 0 Å². The SMILES string of the molecule is CCCOCc1nnc2c(C(F)(F)F)c(N3CCC(F)(c4ccccc4)CC3)ccn12. The number of pyridine rings is 1. The lowest BCUT2D eigenvalue weighted by Crippen LogP contribution is -2.41. The van der Waals surface area contributed by atoms with Gasteiger partial charge < -0.3 is 9.64 Å². The average molecular weight is 436 g/mol. The molecule has 1 aromatic carbocycles. The number of anilines is 1. The molecule has 1 fully saturated rings. The third-order valence-electron chi connectivity index (χ3n) is 5.68. The molecule has 166 valence electrons. The highest BCUT2D eigenvalue weighted by molar-refractivity contribution is 5.67. The molecule has 9 heteroatoms. The summed E-state index contributed by atoms with van der Waals surface area (Å²) in [5, 5.41) is 7.71. The second kappa shape index (κ2) is 8.45. The first-order valence-electron chi connectivity index (χ1n) is 10.3. The van der Waals surface area contributed by atoms with Crippen molar-refractivity contribution < 1.29 is 22.3 Å². The van der Waals surface area contributed by atoms with E-state index in [4.69, 9.17) is 4.74 Å². The summed E-state index contributed by atoms with van der Waals surface area (Å²) >= 11 is 0. The van der Waals surface area contributed by atoms with Crippen molar-refractivity contribution in [3.05, 3.63) is 59.5 Å². The van der Waals surface area contributed by atoms with Gasteiger partial charge in [0.15, 0.2) is 11.5 Å². The summed E-state index contributed by atoms with van der Waals surface area (Å²) in [6.45, 7) is 2.85. The largest absolute Gasteiger partial charge is 0.422 e. The Morgan fingerprint density at radius 2 is 1.77 bits per heavy atom. The van der Waals surface area contributed by atoms with Gasteiger partial charge in [-0.1, -0.05) is 37.3 Å². The highest BCUT2D eigenvalue weighted by Crippen LogP contribution is 2.43. The van der Waals surface area contributed by atoms with Crippen molar-refractivity contribution in [2.45, 2.75) is 44.6 Å². The van der Waals surface area contributed by atoms with Crippen LogP contribution in [0.3, 0.4) is 0 Å².